The van der Waals surface area contributed by atoms with Crippen LogP contribution in [0.5, 0.6) is 0 Å². The SMILES string of the molecule is CCSCC(C)NS(=O)(=O)c1ccc(C#CCO)cc1Cl. The minimum atomic E-state index is -3.65. The monoisotopic (exact) mass is 347 g/mol. The van der Waals surface area contributed by atoms with Crippen molar-refractivity contribution in [2.24, 2.45) is 0 Å². The van der Waals surface area contributed by atoms with Crippen LogP contribution >= 0.6 is 23.4 Å². The Balaban J connectivity index is 2.93. The topological polar surface area (TPSA) is 66.4 Å². The van der Waals surface area contributed by atoms with Crippen LogP contribution in [0.1, 0.15) is 19.4 Å². The van der Waals surface area contributed by atoms with E-state index in [9.17, 15) is 8.42 Å². The van der Waals surface area contributed by atoms with Gasteiger partial charge in [0.2, 0.25) is 10.0 Å². The molecule has 1 unspecified atom stereocenters. The Labute approximate surface area is 135 Å². The third-order valence-corrected chi connectivity index (χ3v) is 5.68. The van der Waals surface area contributed by atoms with E-state index >= 15 is 0 Å². The first-order valence-electron chi connectivity index (χ1n) is 6.40. The zero-order chi connectivity index (χ0) is 15.9. The van der Waals surface area contributed by atoms with Crippen LogP contribution < -0.4 is 4.72 Å². The number of aliphatic hydroxyl groups excluding tert-OH is 1. The molecule has 1 aromatic rings. The average molecular weight is 348 g/mol. The van der Waals surface area contributed by atoms with E-state index in [1.165, 1.54) is 12.1 Å². The average Bonchev–Trinajstić information content (AvgIpc) is 2.42. The summed E-state index contributed by atoms with van der Waals surface area (Å²) in [6.07, 6.45) is 0. The number of thioether (sulfide) groups is 1. The molecule has 0 aliphatic carbocycles. The molecule has 0 fully saturated rings. The van der Waals surface area contributed by atoms with Crippen LogP contribution in [-0.2, 0) is 10.0 Å². The molecule has 0 spiro atoms. The smallest absolute Gasteiger partial charge is 0.242 e. The van der Waals surface area contributed by atoms with Gasteiger partial charge in [0.05, 0.1) is 5.02 Å². The number of benzene rings is 1. The molecule has 21 heavy (non-hydrogen) atoms. The zero-order valence-electron chi connectivity index (χ0n) is 11.9. The second kappa shape index (κ2) is 8.66. The van der Waals surface area contributed by atoms with Crippen molar-refractivity contribution >= 4 is 33.4 Å². The van der Waals surface area contributed by atoms with Gasteiger partial charge in [-0.3, -0.25) is 0 Å². The zero-order valence-corrected chi connectivity index (χ0v) is 14.3. The molecule has 116 valence electrons. The molecule has 0 aromatic heterocycles. The summed E-state index contributed by atoms with van der Waals surface area (Å²) in [5, 5.41) is 8.75. The summed E-state index contributed by atoms with van der Waals surface area (Å²) in [5.74, 6) is 6.80. The van der Waals surface area contributed by atoms with Crippen molar-refractivity contribution in [3.05, 3.63) is 28.8 Å². The summed E-state index contributed by atoms with van der Waals surface area (Å²) >= 11 is 7.69. The van der Waals surface area contributed by atoms with E-state index in [2.05, 4.69) is 16.6 Å². The highest BCUT2D eigenvalue weighted by atomic mass is 35.5. The van der Waals surface area contributed by atoms with Crippen molar-refractivity contribution in [2.45, 2.75) is 24.8 Å². The predicted octanol–water partition coefficient (Wildman–Crippen LogP) is 2.10. The maximum Gasteiger partial charge on any atom is 0.242 e. The highest BCUT2D eigenvalue weighted by Gasteiger charge is 2.20. The minimum absolute atomic E-state index is 0.0343. The van der Waals surface area contributed by atoms with Crippen molar-refractivity contribution in [1.82, 2.24) is 4.72 Å². The summed E-state index contributed by atoms with van der Waals surface area (Å²) in [4.78, 5) is 0.0343. The molecule has 4 nitrogen and oxygen atoms in total. The van der Waals surface area contributed by atoms with Gasteiger partial charge in [0.1, 0.15) is 11.5 Å². The van der Waals surface area contributed by atoms with Crippen LogP contribution in [0.25, 0.3) is 0 Å². The molecule has 0 amide bonds. The lowest BCUT2D eigenvalue weighted by Crippen LogP contribution is -2.34. The fourth-order valence-electron chi connectivity index (χ4n) is 1.60. The summed E-state index contributed by atoms with van der Waals surface area (Å²) in [6, 6.07) is 4.29. The Morgan fingerprint density at radius 3 is 2.76 bits per heavy atom. The molecule has 0 bridgehead atoms. The third kappa shape index (κ3) is 5.89. The second-order valence-electron chi connectivity index (χ2n) is 4.29. The largest absolute Gasteiger partial charge is 0.384 e. The molecule has 0 saturated heterocycles. The summed E-state index contributed by atoms with van der Waals surface area (Å²) in [5.41, 5.74) is 0.558. The lowest BCUT2D eigenvalue weighted by atomic mass is 10.2. The molecule has 0 aliphatic heterocycles. The standard InChI is InChI=1S/C14H18ClNO3S2/c1-3-20-10-11(2)16-21(18,19)14-7-6-12(5-4-8-17)9-13(14)15/h6-7,9,11,16-17H,3,8,10H2,1-2H3. The lowest BCUT2D eigenvalue weighted by Gasteiger charge is -2.14. The third-order valence-electron chi connectivity index (χ3n) is 2.46. The van der Waals surface area contributed by atoms with E-state index in [1.807, 2.05) is 13.8 Å². The van der Waals surface area contributed by atoms with Gasteiger partial charge in [0.15, 0.2) is 0 Å². The van der Waals surface area contributed by atoms with E-state index in [1.54, 1.807) is 17.8 Å². The number of rotatable bonds is 6. The Morgan fingerprint density at radius 1 is 1.48 bits per heavy atom. The predicted molar refractivity (Wildman–Crippen MR) is 88.2 cm³/mol. The van der Waals surface area contributed by atoms with Gasteiger partial charge in [0.25, 0.3) is 0 Å². The molecule has 2 N–H and O–H groups in total. The van der Waals surface area contributed by atoms with Gasteiger partial charge in [-0.05, 0) is 30.9 Å². The first kappa shape index (κ1) is 18.3. The minimum Gasteiger partial charge on any atom is -0.384 e. The highest BCUT2D eigenvalue weighted by Crippen LogP contribution is 2.22. The fourth-order valence-corrected chi connectivity index (χ4v) is 4.16. The highest BCUT2D eigenvalue weighted by molar-refractivity contribution is 7.99. The van der Waals surface area contributed by atoms with Crippen molar-refractivity contribution in [3.63, 3.8) is 0 Å². The Kier molecular flexibility index (Phi) is 7.57. The summed E-state index contributed by atoms with van der Waals surface area (Å²) < 4.78 is 27.1. The summed E-state index contributed by atoms with van der Waals surface area (Å²) in [7, 11) is -3.65. The van der Waals surface area contributed by atoms with E-state index in [-0.39, 0.29) is 22.6 Å². The van der Waals surface area contributed by atoms with Crippen LogP contribution in [-0.4, -0.2) is 37.7 Å². The van der Waals surface area contributed by atoms with Crippen molar-refractivity contribution in [1.29, 1.82) is 0 Å². The number of aliphatic hydroxyl groups is 1. The Morgan fingerprint density at radius 2 is 2.19 bits per heavy atom. The Bertz CT molecular complexity index is 635. The van der Waals surface area contributed by atoms with Gasteiger partial charge in [-0.1, -0.05) is 30.4 Å². The summed E-state index contributed by atoms with van der Waals surface area (Å²) in [6.45, 7) is 3.58. The molecule has 1 rings (SSSR count). The first-order chi connectivity index (χ1) is 9.90. The van der Waals surface area contributed by atoms with Crippen molar-refractivity contribution in [3.8, 4) is 11.8 Å². The van der Waals surface area contributed by atoms with E-state index in [0.717, 1.165) is 5.75 Å². The van der Waals surface area contributed by atoms with Gasteiger partial charge >= 0.3 is 0 Å². The molecule has 0 heterocycles. The van der Waals surface area contributed by atoms with Gasteiger partial charge in [-0.2, -0.15) is 11.8 Å². The van der Waals surface area contributed by atoms with Crippen molar-refractivity contribution in [2.75, 3.05) is 18.1 Å². The van der Waals surface area contributed by atoms with Crippen LogP contribution in [0.3, 0.4) is 0 Å². The van der Waals surface area contributed by atoms with Gasteiger partial charge in [-0.15, -0.1) is 0 Å². The molecule has 1 atom stereocenters. The molecule has 0 saturated carbocycles. The number of hydrogen-bond donors (Lipinski definition) is 2. The molecule has 1 aromatic carbocycles. The normalized spacial score (nSPS) is 12.6. The molecular formula is C14H18ClNO3S2. The molecule has 0 radical (unpaired) electrons. The Hall–Kier alpha value is -0.710. The molecule has 0 aliphatic rings. The van der Waals surface area contributed by atoms with Crippen LogP contribution in [0.15, 0.2) is 23.1 Å². The number of hydrogen-bond acceptors (Lipinski definition) is 4. The quantitative estimate of drug-likeness (QED) is 0.773. The van der Waals surface area contributed by atoms with E-state index in [4.69, 9.17) is 16.7 Å². The van der Waals surface area contributed by atoms with Gasteiger partial charge < -0.3 is 5.11 Å². The molecule has 7 heteroatoms. The number of halogens is 1. The number of sulfonamides is 1. The fraction of sp³-hybridized carbons (Fsp3) is 0.429. The first-order valence-corrected chi connectivity index (χ1v) is 9.41. The second-order valence-corrected chi connectivity index (χ2v) is 7.70. The van der Waals surface area contributed by atoms with Gasteiger partial charge in [-0.25, -0.2) is 13.1 Å². The molecular weight excluding hydrogens is 330 g/mol. The van der Waals surface area contributed by atoms with E-state index < -0.39 is 10.0 Å². The maximum atomic E-state index is 12.3. The van der Waals surface area contributed by atoms with Crippen LogP contribution in [0.4, 0.5) is 0 Å². The lowest BCUT2D eigenvalue weighted by molar-refractivity contribution is 0.350. The maximum absolute atomic E-state index is 12.3. The van der Waals surface area contributed by atoms with Gasteiger partial charge in [0, 0.05) is 17.4 Å². The van der Waals surface area contributed by atoms with Crippen LogP contribution in [0.2, 0.25) is 5.02 Å². The van der Waals surface area contributed by atoms with E-state index in [0.29, 0.717) is 11.3 Å². The van der Waals surface area contributed by atoms with Crippen molar-refractivity contribution < 1.29 is 13.5 Å². The van der Waals surface area contributed by atoms with Crippen LogP contribution in [0, 0.1) is 11.8 Å². The number of nitrogens with one attached hydrogen (secondary N) is 1.